The second kappa shape index (κ2) is 5.27. The summed E-state index contributed by atoms with van der Waals surface area (Å²) < 4.78 is 0. The van der Waals surface area contributed by atoms with Crippen LogP contribution in [0.3, 0.4) is 0 Å². The van der Waals surface area contributed by atoms with Crippen LogP contribution in [0.1, 0.15) is 16.8 Å². The predicted octanol–water partition coefficient (Wildman–Crippen LogP) is 2.80. The van der Waals surface area contributed by atoms with Crippen molar-refractivity contribution in [3.63, 3.8) is 0 Å². The van der Waals surface area contributed by atoms with Crippen LogP contribution in [0.2, 0.25) is 0 Å². The minimum Gasteiger partial charge on any atom is -0.398 e. The van der Waals surface area contributed by atoms with E-state index in [0.717, 1.165) is 4.90 Å². The van der Waals surface area contributed by atoms with Gasteiger partial charge in [-0.1, -0.05) is 6.07 Å². The van der Waals surface area contributed by atoms with E-state index >= 15 is 0 Å². The molecule has 0 saturated heterocycles. The van der Waals surface area contributed by atoms with Crippen LogP contribution in [-0.2, 0) is 0 Å². The summed E-state index contributed by atoms with van der Waals surface area (Å²) in [4.78, 5) is 12.6. The molecule has 0 aliphatic heterocycles. The summed E-state index contributed by atoms with van der Waals surface area (Å²) >= 11 is 7.05. The third-order valence-electron chi connectivity index (χ3n) is 1.88. The van der Waals surface area contributed by atoms with Gasteiger partial charge in [-0.3, -0.25) is 4.79 Å². The van der Waals surface area contributed by atoms with E-state index in [1.54, 1.807) is 6.07 Å². The molecular formula is C10H12ClNOS. The molecule has 1 aromatic carbocycles. The van der Waals surface area contributed by atoms with E-state index in [9.17, 15) is 4.79 Å². The fraction of sp³-hybridized carbons (Fsp3) is 0.300. The van der Waals surface area contributed by atoms with Gasteiger partial charge in [0, 0.05) is 22.9 Å². The molecule has 2 N–H and O–H groups in total. The standard InChI is InChI=1S/C10H12ClNOS/c1-14-9-4-2-3-7(12)10(9)8(13)5-6-11/h2-4H,5-6,12H2,1H3. The Morgan fingerprint density at radius 3 is 2.86 bits per heavy atom. The van der Waals surface area contributed by atoms with Crippen LogP contribution in [-0.4, -0.2) is 17.9 Å². The van der Waals surface area contributed by atoms with Gasteiger partial charge in [0.25, 0.3) is 0 Å². The van der Waals surface area contributed by atoms with Crippen molar-refractivity contribution in [3.8, 4) is 0 Å². The van der Waals surface area contributed by atoms with Gasteiger partial charge in [0.05, 0.1) is 5.56 Å². The first-order chi connectivity index (χ1) is 6.70. The summed E-state index contributed by atoms with van der Waals surface area (Å²) in [7, 11) is 0. The van der Waals surface area contributed by atoms with Gasteiger partial charge in [-0.25, -0.2) is 0 Å². The van der Waals surface area contributed by atoms with Crippen LogP contribution in [0.4, 0.5) is 5.69 Å². The lowest BCUT2D eigenvalue weighted by Crippen LogP contribution is -2.06. The predicted molar refractivity (Wildman–Crippen MR) is 62.3 cm³/mol. The number of ketones is 1. The van der Waals surface area contributed by atoms with E-state index in [0.29, 0.717) is 23.6 Å². The number of thioether (sulfide) groups is 1. The quantitative estimate of drug-likeness (QED) is 0.374. The van der Waals surface area contributed by atoms with Crippen molar-refractivity contribution in [2.24, 2.45) is 0 Å². The first kappa shape index (κ1) is 11.4. The van der Waals surface area contributed by atoms with Gasteiger partial charge in [-0.05, 0) is 18.4 Å². The molecule has 0 atom stereocenters. The van der Waals surface area contributed by atoms with Gasteiger partial charge in [-0.2, -0.15) is 0 Å². The van der Waals surface area contributed by atoms with Crippen LogP contribution in [0.15, 0.2) is 23.1 Å². The topological polar surface area (TPSA) is 43.1 Å². The zero-order valence-electron chi connectivity index (χ0n) is 7.92. The van der Waals surface area contributed by atoms with Gasteiger partial charge in [0.2, 0.25) is 0 Å². The summed E-state index contributed by atoms with van der Waals surface area (Å²) in [5.74, 6) is 0.350. The molecule has 2 nitrogen and oxygen atoms in total. The van der Waals surface area contributed by atoms with Crippen molar-refractivity contribution in [2.45, 2.75) is 11.3 Å². The van der Waals surface area contributed by atoms with Crippen molar-refractivity contribution < 1.29 is 4.79 Å². The number of hydrogen-bond acceptors (Lipinski definition) is 3. The molecular weight excluding hydrogens is 218 g/mol. The number of Topliss-reactive ketones (excluding diaryl/α,β-unsaturated/α-hetero) is 1. The lowest BCUT2D eigenvalue weighted by atomic mass is 10.1. The molecule has 0 aromatic heterocycles. The lowest BCUT2D eigenvalue weighted by Gasteiger charge is -2.08. The largest absolute Gasteiger partial charge is 0.398 e. The molecule has 14 heavy (non-hydrogen) atoms. The van der Waals surface area contributed by atoms with Gasteiger partial charge >= 0.3 is 0 Å². The molecule has 0 saturated carbocycles. The summed E-state index contributed by atoms with van der Waals surface area (Å²) in [5, 5.41) is 0. The first-order valence-corrected chi connectivity index (χ1v) is 5.98. The van der Waals surface area contributed by atoms with Crippen LogP contribution >= 0.6 is 23.4 Å². The molecule has 0 aliphatic rings. The third kappa shape index (κ3) is 2.42. The zero-order chi connectivity index (χ0) is 10.6. The molecule has 0 fully saturated rings. The lowest BCUT2D eigenvalue weighted by molar-refractivity contribution is 0.0987. The number of anilines is 1. The Kier molecular flexibility index (Phi) is 4.29. The second-order valence-corrected chi connectivity index (χ2v) is 4.01. The van der Waals surface area contributed by atoms with Gasteiger partial charge < -0.3 is 5.73 Å². The Morgan fingerprint density at radius 1 is 1.57 bits per heavy atom. The smallest absolute Gasteiger partial charge is 0.167 e. The van der Waals surface area contributed by atoms with E-state index in [2.05, 4.69) is 0 Å². The molecule has 0 unspecified atom stereocenters. The Labute approximate surface area is 92.8 Å². The fourth-order valence-electron chi connectivity index (χ4n) is 1.23. The summed E-state index contributed by atoms with van der Waals surface area (Å²) in [6, 6.07) is 5.47. The number of hydrogen-bond donors (Lipinski definition) is 1. The van der Waals surface area contributed by atoms with Gasteiger partial charge in [-0.15, -0.1) is 23.4 Å². The molecule has 0 spiro atoms. The highest BCUT2D eigenvalue weighted by molar-refractivity contribution is 7.98. The molecule has 1 aromatic rings. The molecule has 0 amide bonds. The van der Waals surface area contributed by atoms with Crippen molar-refractivity contribution >= 4 is 34.8 Å². The monoisotopic (exact) mass is 229 g/mol. The fourth-order valence-corrected chi connectivity index (χ4v) is 2.05. The number of halogens is 1. The van der Waals surface area contributed by atoms with Crippen molar-refractivity contribution in [1.82, 2.24) is 0 Å². The number of benzene rings is 1. The average molecular weight is 230 g/mol. The minimum atomic E-state index is 0.0162. The summed E-state index contributed by atoms with van der Waals surface area (Å²) in [6.45, 7) is 0. The summed E-state index contributed by atoms with van der Waals surface area (Å²) in [6.07, 6.45) is 2.26. The summed E-state index contributed by atoms with van der Waals surface area (Å²) in [5.41, 5.74) is 6.90. The molecule has 0 radical (unpaired) electrons. The minimum absolute atomic E-state index is 0.0162. The molecule has 0 aliphatic carbocycles. The van der Waals surface area contributed by atoms with Crippen LogP contribution < -0.4 is 5.73 Å². The van der Waals surface area contributed by atoms with Crippen LogP contribution in [0.5, 0.6) is 0 Å². The van der Waals surface area contributed by atoms with Crippen molar-refractivity contribution in [3.05, 3.63) is 23.8 Å². The van der Waals surface area contributed by atoms with E-state index in [1.807, 2.05) is 18.4 Å². The maximum atomic E-state index is 11.7. The van der Waals surface area contributed by atoms with Crippen LogP contribution in [0, 0.1) is 0 Å². The molecule has 0 heterocycles. The average Bonchev–Trinajstić information content (AvgIpc) is 2.17. The first-order valence-electron chi connectivity index (χ1n) is 4.22. The SMILES string of the molecule is CSc1cccc(N)c1C(=O)CCCl. The Bertz CT molecular complexity index is 341. The molecule has 0 bridgehead atoms. The van der Waals surface area contributed by atoms with Crippen LogP contribution in [0.25, 0.3) is 0 Å². The highest BCUT2D eigenvalue weighted by atomic mass is 35.5. The Morgan fingerprint density at radius 2 is 2.29 bits per heavy atom. The van der Waals surface area contributed by atoms with Crippen molar-refractivity contribution in [2.75, 3.05) is 17.9 Å². The Balaban J connectivity index is 3.10. The maximum absolute atomic E-state index is 11.7. The second-order valence-electron chi connectivity index (χ2n) is 2.79. The molecule has 76 valence electrons. The van der Waals surface area contributed by atoms with Gasteiger partial charge in [0.15, 0.2) is 5.78 Å². The number of carbonyl (C=O) groups is 1. The molecule has 1 rings (SSSR count). The van der Waals surface area contributed by atoms with E-state index in [-0.39, 0.29) is 5.78 Å². The zero-order valence-corrected chi connectivity index (χ0v) is 9.49. The number of rotatable bonds is 4. The number of nitrogen functional groups attached to an aromatic ring is 1. The van der Waals surface area contributed by atoms with Gasteiger partial charge in [0.1, 0.15) is 0 Å². The number of alkyl halides is 1. The normalized spacial score (nSPS) is 10.1. The Hall–Kier alpha value is -0.670. The number of carbonyl (C=O) groups excluding carboxylic acids is 1. The number of nitrogens with two attached hydrogens (primary N) is 1. The molecule has 4 heteroatoms. The van der Waals surface area contributed by atoms with E-state index < -0.39 is 0 Å². The highest BCUT2D eigenvalue weighted by Gasteiger charge is 2.13. The van der Waals surface area contributed by atoms with E-state index in [4.69, 9.17) is 17.3 Å². The van der Waals surface area contributed by atoms with E-state index in [1.165, 1.54) is 11.8 Å². The maximum Gasteiger partial charge on any atom is 0.167 e. The van der Waals surface area contributed by atoms with Crippen molar-refractivity contribution in [1.29, 1.82) is 0 Å². The highest BCUT2D eigenvalue weighted by Crippen LogP contribution is 2.26. The third-order valence-corrected chi connectivity index (χ3v) is 2.85.